The van der Waals surface area contributed by atoms with Crippen LogP contribution in [0.5, 0.6) is 11.5 Å². The van der Waals surface area contributed by atoms with Gasteiger partial charge < -0.3 is 14.4 Å². The molecule has 0 aliphatic carbocycles. The van der Waals surface area contributed by atoms with E-state index in [9.17, 15) is 8.42 Å². The molecule has 0 saturated carbocycles. The van der Waals surface area contributed by atoms with Crippen molar-refractivity contribution in [3.8, 4) is 11.5 Å². The fourth-order valence-corrected chi connectivity index (χ4v) is 4.25. The van der Waals surface area contributed by atoms with E-state index >= 15 is 0 Å². The molecule has 0 amide bonds. The van der Waals surface area contributed by atoms with Crippen molar-refractivity contribution >= 4 is 44.6 Å². The van der Waals surface area contributed by atoms with Crippen molar-refractivity contribution in [2.45, 2.75) is 13.1 Å². The van der Waals surface area contributed by atoms with Crippen molar-refractivity contribution in [3.05, 3.63) is 76.0 Å². The molecule has 10 heteroatoms. The number of ether oxygens (including phenoxy) is 2. The van der Waals surface area contributed by atoms with Crippen molar-refractivity contribution in [3.63, 3.8) is 0 Å². The summed E-state index contributed by atoms with van der Waals surface area (Å²) in [6, 6.07) is 12.8. The number of anilines is 2. The number of nitrogens with zero attached hydrogens (tertiary/aromatic N) is 2. The lowest BCUT2D eigenvalue weighted by Gasteiger charge is -2.27. The Bertz CT molecular complexity index is 1190. The van der Waals surface area contributed by atoms with Gasteiger partial charge in [-0.15, -0.1) is 0 Å². The van der Waals surface area contributed by atoms with Gasteiger partial charge in [-0.2, -0.15) is 0 Å². The lowest BCUT2D eigenvalue weighted by Crippen LogP contribution is -2.23. The van der Waals surface area contributed by atoms with E-state index in [0.717, 1.165) is 23.1 Å². The summed E-state index contributed by atoms with van der Waals surface area (Å²) < 4.78 is 36.5. The van der Waals surface area contributed by atoms with Crippen LogP contribution in [0.4, 0.5) is 11.4 Å². The number of pyridine rings is 1. The Morgan fingerprint density at radius 3 is 2.28 bits per heavy atom. The van der Waals surface area contributed by atoms with E-state index in [-0.39, 0.29) is 0 Å². The Labute approximate surface area is 197 Å². The Kier molecular flexibility index (Phi) is 7.71. The van der Waals surface area contributed by atoms with Crippen molar-refractivity contribution in [1.29, 1.82) is 0 Å². The van der Waals surface area contributed by atoms with E-state index in [1.54, 1.807) is 44.8 Å². The van der Waals surface area contributed by atoms with Crippen LogP contribution in [0.1, 0.15) is 11.1 Å². The average Bonchev–Trinajstić information content (AvgIpc) is 2.74. The highest BCUT2D eigenvalue weighted by Gasteiger charge is 2.16. The predicted molar refractivity (Wildman–Crippen MR) is 129 cm³/mol. The molecule has 0 unspecified atom stereocenters. The summed E-state index contributed by atoms with van der Waals surface area (Å²) in [4.78, 5) is 6.07. The Morgan fingerprint density at radius 1 is 0.969 bits per heavy atom. The number of halogens is 2. The maximum atomic E-state index is 11.6. The number of hydrogen-bond donors (Lipinski definition) is 1. The third-order valence-electron chi connectivity index (χ3n) is 4.64. The summed E-state index contributed by atoms with van der Waals surface area (Å²) in [6.07, 6.45) is 4.21. The monoisotopic (exact) mass is 495 g/mol. The van der Waals surface area contributed by atoms with Crippen molar-refractivity contribution in [2.75, 3.05) is 30.1 Å². The molecule has 0 fully saturated rings. The van der Waals surface area contributed by atoms with Gasteiger partial charge in [0.15, 0.2) is 11.5 Å². The van der Waals surface area contributed by atoms with E-state index in [1.807, 2.05) is 24.3 Å². The average molecular weight is 496 g/mol. The molecule has 2 aromatic carbocycles. The zero-order chi connectivity index (χ0) is 23.3. The van der Waals surface area contributed by atoms with Gasteiger partial charge in [0, 0.05) is 48.5 Å². The van der Waals surface area contributed by atoms with Gasteiger partial charge in [0.05, 0.1) is 30.5 Å². The molecule has 0 saturated heterocycles. The van der Waals surface area contributed by atoms with Crippen molar-refractivity contribution in [1.82, 2.24) is 4.98 Å². The van der Waals surface area contributed by atoms with Gasteiger partial charge in [0.1, 0.15) is 0 Å². The zero-order valence-corrected chi connectivity index (χ0v) is 20.1. The fraction of sp³-hybridized carbons (Fsp3) is 0.227. The van der Waals surface area contributed by atoms with Crippen LogP contribution in [0, 0.1) is 0 Å². The minimum Gasteiger partial charge on any atom is -0.493 e. The third-order valence-corrected chi connectivity index (χ3v) is 5.90. The smallest absolute Gasteiger partial charge is 0.229 e. The normalized spacial score (nSPS) is 11.2. The molecule has 3 rings (SSSR count). The molecule has 0 bridgehead atoms. The first-order valence-corrected chi connectivity index (χ1v) is 12.2. The summed E-state index contributed by atoms with van der Waals surface area (Å²) in [7, 11) is -0.239. The Balaban J connectivity index is 2.00. The summed E-state index contributed by atoms with van der Waals surface area (Å²) in [5.74, 6) is 1.19. The molecule has 32 heavy (non-hydrogen) atoms. The number of nitrogens with one attached hydrogen (secondary N) is 1. The molecule has 1 N–H and O–H groups in total. The lowest BCUT2D eigenvalue weighted by molar-refractivity contribution is 0.355. The molecule has 0 aliphatic rings. The lowest BCUT2D eigenvalue weighted by atomic mass is 10.1. The standard InChI is InChI=1S/C22H23Cl2N3O4S/c1-30-21-8-7-17(10-22(21)31-2)27(14-18-19(23)11-25-12-20(18)24)13-15-5-4-6-16(9-15)26-32(3,28)29/h4-12,26H,13-14H2,1-3H3. The van der Waals surface area contributed by atoms with Crippen LogP contribution in [0.3, 0.4) is 0 Å². The quantitative estimate of drug-likeness (QED) is 0.450. The number of benzene rings is 2. The molecule has 1 heterocycles. The first-order chi connectivity index (χ1) is 15.2. The predicted octanol–water partition coefficient (Wildman–Crippen LogP) is 4.98. The maximum absolute atomic E-state index is 11.6. The molecule has 0 radical (unpaired) electrons. The summed E-state index contributed by atoms with van der Waals surface area (Å²) in [5, 5.41) is 0.908. The maximum Gasteiger partial charge on any atom is 0.229 e. The number of rotatable bonds is 9. The van der Waals surface area contributed by atoms with Crippen LogP contribution < -0.4 is 19.1 Å². The van der Waals surface area contributed by atoms with Gasteiger partial charge in [-0.05, 0) is 29.8 Å². The minimum absolute atomic E-state index is 0.388. The second-order valence-electron chi connectivity index (χ2n) is 7.05. The largest absolute Gasteiger partial charge is 0.493 e. The number of methoxy groups -OCH3 is 2. The second-order valence-corrected chi connectivity index (χ2v) is 9.61. The van der Waals surface area contributed by atoms with Crippen LogP contribution in [0.25, 0.3) is 0 Å². The van der Waals surface area contributed by atoms with Crippen LogP contribution in [0.15, 0.2) is 54.9 Å². The van der Waals surface area contributed by atoms with Crippen LogP contribution >= 0.6 is 23.2 Å². The summed E-state index contributed by atoms with van der Waals surface area (Å²) in [6.45, 7) is 0.836. The summed E-state index contributed by atoms with van der Waals surface area (Å²) in [5.41, 5.74) is 2.93. The molecule has 3 aromatic rings. The molecule has 7 nitrogen and oxygen atoms in total. The topological polar surface area (TPSA) is 80.8 Å². The van der Waals surface area contributed by atoms with E-state index < -0.39 is 10.0 Å². The van der Waals surface area contributed by atoms with Crippen molar-refractivity contribution < 1.29 is 17.9 Å². The first kappa shape index (κ1) is 24.0. The highest BCUT2D eigenvalue weighted by Crippen LogP contribution is 2.34. The fourth-order valence-electron chi connectivity index (χ4n) is 3.21. The zero-order valence-electron chi connectivity index (χ0n) is 17.8. The van der Waals surface area contributed by atoms with E-state index in [0.29, 0.717) is 40.3 Å². The molecule has 0 atom stereocenters. The third kappa shape index (κ3) is 6.18. The Morgan fingerprint density at radius 2 is 1.66 bits per heavy atom. The van der Waals surface area contributed by atoms with E-state index in [2.05, 4.69) is 14.6 Å². The SMILES string of the molecule is COc1ccc(N(Cc2cccc(NS(C)(=O)=O)c2)Cc2c(Cl)cncc2Cl)cc1OC. The van der Waals surface area contributed by atoms with Gasteiger partial charge in [-0.3, -0.25) is 9.71 Å². The Hall–Kier alpha value is -2.68. The number of sulfonamides is 1. The molecule has 0 spiro atoms. The summed E-state index contributed by atoms with van der Waals surface area (Å²) >= 11 is 12.7. The highest BCUT2D eigenvalue weighted by atomic mass is 35.5. The van der Waals surface area contributed by atoms with Gasteiger partial charge in [-0.25, -0.2) is 8.42 Å². The highest BCUT2D eigenvalue weighted by molar-refractivity contribution is 7.92. The molecule has 0 aliphatic heterocycles. The van der Waals surface area contributed by atoms with Crippen LogP contribution in [0.2, 0.25) is 10.0 Å². The van der Waals surface area contributed by atoms with Crippen molar-refractivity contribution in [2.24, 2.45) is 0 Å². The number of aromatic nitrogens is 1. The van der Waals surface area contributed by atoms with Crippen LogP contribution in [-0.2, 0) is 23.1 Å². The molecule has 1 aromatic heterocycles. The molecular formula is C22H23Cl2N3O4S. The first-order valence-electron chi connectivity index (χ1n) is 9.51. The molecule has 170 valence electrons. The molecular weight excluding hydrogens is 473 g/mol. The van der Waals surface area contributed by atoms with E-state index in [4.69, 9.17) is 32.7 Å². The minimum atomic E-state index is -3.39. The van der Waals surface area contributed by atoms with Gasteiger partial charge in [0.25, 0.3) is 0 Å². The number of hydrogen-bond acceptors (Lipinski definition) is 6. The second kappa shape index (κ2) is 10.3. The van der Waals surface area contributed by atoms with E-state index in [1.165, 1.54) is 0 Å². The van der Waals surface area contributed by atoms with Crippen LogP contribution in [-0.4, -0.2) is 33.9 Å². The van der Waals surface area contributed by atoms with Gasteiger partial charge >= 0.3 is 0 Å². The van der Waals surface area contributed by atoms with Gasteiger partial charge in [-0.1, -0.05) is 35.3 Å². The van der Waals surface area contributed by atoms with Gasteiger partial charge in [0.2, 0.25) is 10.0 Å².